The summed E-state index contributed by atoms with van der Waals surface area (Å²) in [4.78, 5) is 30.1. The first-order chi connectivity index (χ1) is 15.4. The maximum absolute atomic E-state index is 13.0. The van der Waals surface area contributed by atoms with Gasteiger partial charge in [0.2, 0.25) is 5.95 Å². The van der Waals surface area contributed by atoms with Gasteiger partial charge in [-0.1, -0.05) is 54.1 Å². The van der Waals surface area contributed by atoms with E-state index in [0.717, 1.165) is 22.3 Å². The topological polar surface area (TPSA) is 77.4 Å². The number of fused-ring (bicyclic) bond motifs is 3. The van der Waals surface area contributed by atoms with Crippen LogP contribution in [-0.2, 0) is 27.1 Å². The third kappa shape index (κ3) is 3.33. The lowest BCUT2D eigenvalue weighted by atomic mass is 10.1. The SMILES string of the molecule is Cn1c(=O)c2c(nc3n2CC(c2ccc(Cl)cc2)=NN3CCc2ccccc2)n(C)c1=O. The molecule has 0 atom stereocenters. The van der Waals surface area contributed by atoms with E-state index in [1.807, 2.05) is 52.0 Å². The first-order valence-electron chi connectivity index (χ1n) is 10.2. The lowest BCUT2D eigenvalue weighted by Crippen LogP contribution is -2.38. The average molecular weight is 449 g/mol. The number of hydrogen-bond donors (Lipinski definition) is 0. The van der Waals surface area contributed by atoms with Crippen molar-refractivity contribution in [3.8, 4) is 0 Å². The molecule has 0 fully saturated rings. The number of aromatic nitrogens is 4. The number of imidazole rings is 1. The lowest BCUT2D eigenvalue weighted by Gasteiger charge is -2.26. The largest absolute Gasteiger partial charge is 0.332 e. The molecule has 9 heteroatoms. The summed E-state index contributed by atoms with van der Waals surface area (Å²) >= 11 is 6.07. The summed E-state index contributed by atoms with van der Waals surface area (Å²) in [6.07, 6.45) is 0.748. The highest BCUT2D eigenvalue weighted by molar-refractivity contribution is 6.30. The Morgan fingerprint density at radius 3 is 2.41 bits per heavy atom. The second kappa shape index (κ2) is 7.80. The van der Waals surface area contributed by atoms with E-state index in [2.05, 4.69) is 17.1 Å². The van der Waals surface area contributed by atoms with E-state index in [-0.39, 0.29) is 5.56 Å². The normalized spacial score (nSPS) is 13.3. The van der Waals surface area contributed by atoms with Crippen molar-refractivity contribution >= 4 is 34.4 Å². The molecule has 3 heterocycles. The fourth-order valence-corrected chi connectivity index (χ4v) is 4.10. The van der Waals surface area contributed by atoms with Crippen molar-refractivity contribution in [2.75, 3.05) is 11.6 Å². The van der Waals surface area contributed by atoms with Gasteiger partial charge in [-0.25, -0.2) is 9.80 Å². The molecule has 32 heavy (non-hydrogen) atoms. The van der Waals surface area contributed by atoms with Crippen LogP contribution in [0, 0.1) is 0 Å². The fourth-order valence-electron chi connectivity index (χ4n) is 3.97. The van der Waals surface area contributed by atoms with Gasteiger partial charge in [0, 0.05) is 25.7 Å². The molecule has 162 valence electrons. The van der Waals surface area contributed by atoms with Crippen LogP contribution in [0.4, 0.5) is 5.95 Å². The molecule has 4 aromatic rings. The molecule has 0 saturated carbocycles. The minimum absolute atomic E-state index is 0.352. The molecule has 0 spiro atoms. The second-order valence-corrected chi connectivity index (χ2v) is 8.22. The van der Waals surface area contributed by atoms with Gasteiger partial charge in [0.05, 0.1) is 12.3 Å². The third-order valence-electron chi connectivity index (χ3n) is 5.74. The lowest BCUT2D eigenvalue weighted by molar-refractivity contribution is 0.698. The van der Waals surface area contributed by atoms with Gasteiger partial charge in [-0.2, -0.15) is 10.1 Å². The Balaban J connectivity index is 1.66. The average Bonchev–Trinajstić information content (AvgIpc) is 3.21. The molecule has 2 aromatic heterocycles. The zero-order valence-electron chi connectivity index (χ0n) is 17.7. The summed E-state index contributed by atoms with van der Waals surface area (Å²) in [5.74, 6) is 0.548. The number of hydrazone groups is 1. The Morgan fingerprint density at radius 2 is 1.69 bits per heavy atom. The van der Waals surface area contributed by atoms with E-state index in [0.29, 0.717) is 35.2 Å². The number of aryl methyl sites for hydroxylation is 1. The van der Waals surface area contributed by atoms with Crippen LogP contribution in [0.15, 0.2) is 69.3 Å². The molecule has 1 aliphatic rings. The quantitative estimate of drug-likeness (QED) is 0.480. The minimum Gasteiger partial charge on any atom is -0.297 e. The van der Waals surface area contributed by atoms with Crippen LogP contribution in [0.1, 0.15) is 11.1 Å². The Bertz CT molecular complexity index is 1470. The maximum Gasteiger partial charge on any atom is 0.332 e. The Labute approximate surface area is 188 Å². The van der Waals surface area contributed by atoms with Crippen LogP contribution in [0.5, 0.6) is 0 Å². The number of rotatable bonds is 4. The highest BCUT2D eigenvalue weighted by Gasteiger charge is 2.27. The summed E-state index contributed by atoms with van der Waals surface area (Å²) in [5.41, 5.74) is 2.83. The van der Waals surface area contributed by atoms with Crippen LogP contribution in [0.25, 0.3) is 11.2 Å². The van der Waals surface area contributed by atoms with Crippen molar-refractivity contribution in [2.45, 2.75) is 13.0 Å². The predicted molar refractivity (Wildman–Crippen MR) is 126 cm³/mol. The summed E-state index contributed by atoms with van der Waals surface area (Å²) in [5, 5.41) is 7.32. The smallest absolute Gasteiger partial charge is 0.297 e. The molecule has 0 N–H and O–H groups in total. The fraction of sp³-hybridized carbons (Fsp3) is 0.217. The van der Waals surface area contributed by atoms with Gasteiger partial charge in [0.15, 0.2) is 11.2 Å². The highest BCUT2D eigenvalue weighted by atomic mass is 35.5. The van der Waals surface area contributed by atoms with E-state index in [9.17, 15) is 9.59 Å². The van der Waals surface area contributed by atoms with E-state index >= 15 is 0 Å². The molecule has 5 rings (SSSR count). The maximum atomic E-state index is 13.0. The first-order valence-corrected chi connectivity index (χ1v) is 10.6. The summed E-state index contributed by atoms with van der Waals surface area (Å²) in [6, 6.07) is 17.6. The summed E-state index contributed by atoms with van der Waals surface area (Å²) in [7, 11) is 3.10. The van der Waals surface area contributed by atoms with Crippen molar-refractivity contribution in [1.29, 1.82) is 0 Å². The van der Waals surface area contributed by atoms with Gasteiger partial charge in [-0.05, 0) is 29.7 Å². The van der Waals surface area contributed by atoms with Crippen LogP contribution >= 0.6 is 11.6 Å². The Kier molecular flexibility index (Phi) is 4.94. The molecule has 0 amide bonds. The minimum atomic E-state index is -0.410. The molecule has 0 bridgehead atoms. The van der Waals surface area contributed by atoms with Gasteiger partial charge in [0.25, 0.3) is 5.56 Å². The number of halogens is 1. The van der Waals surface area contributed by atoms with E-state index in [4.69, 9.17) is 16.7 Å². The highest BCUT2D eigenvalue weighted by Crippen LogP contribution is 2.26. The van der Waals surface area contributed by atoms with Crippen LogP contribution in [0.3, 0.4) is 0 Å². The number of benzene rings is 2. The van der Waals surface area contributed by atoms with Gasteiger partial charge >= 0.3 is 5.69 Å². The molecular weight excluding hydrogens is 428 g/mol. The summed E-state index contributed by atoms with van der Waals surface area (Å²) in [6.45, 7) is 0.932. The van der Waals surface area contributed by atoms with Crippen molar-refractivity contribution in [3.63, 3.8) is 0 Å². The standard InChI is InChI=1S/C23H21ClN6O2/c1-27-20-19(21(31)28(2)23(27)32)29-14-18(16-8-10-17(24)11-9-16)26-30(22(29)25-20)13-12-15-6-4-3-5-7-15/h3-11H,12-14H2,1-2H3. The number of nitrogens with zero attached hydrogens (tertiary/aromatic N) is 6. The van der Waals surface area contributed by atoms with Crippen LogP contribution < -0.4 is 16.3 Å². The Morgan fingerprint density at radius 1 is 0.969 bits per heavy atom. The monoisotopic (exact) mass is 448 g/mol. The molecule has 8 nitrogen and oxygen atoms in total. The van der Waals surface area contributed by atoms with Crippen molar-refractivity contribution in [1.82, 2.24) is 18.7 Å². The third-order valence-corrected chi connectivity index (χ3v) is 5.99. The molecule has 1 aliphatic heterocycles. The Hall–Kier alpha value is -3.65. The predicted octanol–water partition coefficient (Wildman–Crippen LogP) is 2.55. The van der Waals surface area contributed by atoms with E-state index in [1.54, 1.807) is 7.05 Å². The van der Waals surface area contributed by atoms with Crippen molar-refractivity contribution in [2.24, 2.45) is 19.2 Å². The molecule has 0 radical (unpaired) electrons. The zero-order valence-corrected chi connectivity index (χ0v) is 18.5. The van der Waals surface area contributed by atoms with Crippen LogP contribution in [-0.4, -0.2) is 30.9 Å². The molecule has 0 unspecified atom stereocenters. The molecule has 0 aliphatic carbocycles. The number of anilines is 1. The molecule has 0 saturated heterocycles. The van der Waals surface area contributed by atoms with Gasteiger partial charge in [0.1, 0.15) is 0 Å². The van der Waals surface area contributed by atoms with E-state index < -0.39 is 5.69 Å². The van der Waals surface area contributed by atoms with Gasteiger partial charge in [-0.3, -0.25) is 18.5 Å². The number of hydrogen-bond acceptors (Lipinski definition) is 5. The summed E-state index contributed by atoms with van der Waals surface area (Å²) < 4.78 is 4.36. The van der Waals surface area contributed by atoms with Gasteiger partial charge in [-0.15, -0.1) is 0 Å². The molecular formula is C23H21ClN6O2. The first kappa shape index (κ1) is 20.3. The van der Waals surface area contributed by atoms with Crippen molar-refractivity contribution < 1.29 is 0 Å². The molecule has 2 aromatic carbocycles. The van der Waals surface area contributed by atoms with Gasteiger partial charge < -0.3 is 0 Å². The zero-order chi connectivity index (χ0) is 22.4. The van der Waals surface area contributed by atoms with E-state index in [1.165, 1.54) is 17.2 Å². The van der Waals surface area contributed by atoms with Crippen LogP contribution in [0.2, 0.25) is 5.02 Å². The van der Waals surface area contributed by atoms with Crippen molar-refractivity contribution in [3.05, 3.63) is 91.6 Å². The second-order valence-electron chi connectivity index (χ2n) is 7.79.